The average Bonchev–Trinajstić information content (AvgIpc) is 1.65. The van der Waals surface area contributed by atoms with Crippen LogP contribution in [0.25, 0.3) is 0 Å². The molecule has 0 atom stereocenters. The first kappa shape index (κ1) is 6.40. The van der Waals surface area contributed by atoms with Crippen LogP contribution in [-0.4, -0.2) is 19.6 Å². The number of sulfonamides is 1. The van der Waals surface area contributed by atoms with E-state index in [1.54, 1.807) is 0 Å². The summed E-state index contributed by atoms with van der Waals surface area (Å²) in [5, 5.41) is 5.41. The molecule has 52 valence electrons. The van der Waals surface area contributed by atoms with Crippen molar-refractivity contribution in [2.45, 2.75) is 5.25 Å². The van der Waals surface area contributed by atoms with Crippen molar-refractivity contribution < 1.29 is 22.3 Å². The Balaban J connectivity index is 3.25. The third-order valence-electron chi connectivity index (χ3n) is 0.776. The minimum atomic E-state index is -4.77. The summed E-state index contributed by atoms with van der Waals surface area (Å²) >= 11 is 0. The van der Waals surface area contributed by atoms with Gasteiger partial charge in [0.15, 0.2) is 0 Å². The van der Waals surface area contributed by atoms with Gasteiger partial charge in [0.05, 0.1) is 5.90 Å². The molecule has 1 rings (SSSR count). The van der Waals surface area contributed by atoms with Crippen LogP contribution < -0.4 is 5.11 Å². The molecule has 4 nitrogen and oxygen atoms in total. The summed E-state index contributed by atoms with van der Waals surface area (Å²) in [6.45, 7) is 0. The van der Waals surface area contributed by atoms with Crippen LogP contribution in [0.3, 0.4) is 0 Å². The number of halogens is 2. The number of nitrogens with zero attached hydrogens (tertiary/aromatic N) is 1. The van der Waals surface area contributed by atoms with Gasteiger partial charge in [-0.25, -0.2) is 0 Å². The standard InChI is InChI=1S/C2HF2NO3S/c3-2(4)1(6)5-9(2,7)8/h(H,5,6)/p-1. The minimum Gasteiger partial charge on any atom is -0.856 e. The molecule has 0 N–H and O–H groups in total. The molecule has 0 saturated heterocycles. The zero-order chi connectivity index (χ0) is 7.28. The Labute approximate surface area is 48.9 Å². The molecule has 0 unspecified atom stereocenters. The second kappa shape index (κ2) is 1.23. The van der Waals surface area contributed by atoms with Crippen molar-refractivity contribution in [1.29, 1.82) is 0 Å². The maximum atomic E-state index is 11.7. The fourth-order valence-electron chi connectivity index (χ4n) is 0.291. The molecule has 1 heterocycles. The zero-order valence-corrected chi connectivity index (χ0v) is 4.65. The highest BCUT2D eigenvalue weighted by Crippen LogP contribution is 2.31. The highest BCUT2D eigenvalue weighted by atomic mass is 32.2. The van der Waals surface area contributed by atoms with Crippen LogP contribution in [0.5, 0.6) is 0 Å². The molecule has 0 amide bonds. The molecule has 0 aromatic heterocycles. The Morgan fingerprint density at radius 2 is 2.00 bits per heavy atom. The van der Waals surface area contributed by atoms with E-state index >= 15 is 0 Å². The van der Waals surface area contributed by atoms with Crippen LogP contribution in [-0.2, 0) is 10.0 Å². The number of hydrogen-bond acceptors (Lipinski definition) is 3. The van der Waals surface area contributed by atoms with Gasteiger partial charge in [0.25, 0.3) is 0 Å². The lowest BCUT2D eigenvalue weighted by Gasteiger charge is -2.27. The lowest BCUT2D eigenvalue weighted by molar-refractivity contribution is -0.237. The fourth-order valence-corrected chi connectivity index (χ4v) is 0.873. The van der Waals surface area contributed by atoms with Gasteiger partial charge >= 0.3 is 15.3 Å². The van der Waals surface area contributed by atoms with Gasteiger partial charge in [-0.05, 0) is 0 Å². The topological polar surface area (TPSA) is 69.6 Å². The van der Waals surface area contributed by atoms with Crippen molar-refractivity contribution in [3.05, 3.63) is 0 Å². The summed E-state index contributed by atoms with van der Waals surface area (Å²) < 4.78 is 45.1. The first-order valence-corrected chi connectivity index (χ1v) is 3.22. The van der Waals surface area contributed by atoms with E-state index in [0.29, 0.717) is 0 Å². The van der Waals surface area contributed by atoms with Crippen LogP contribution in [0.2, 0.25) is 0 Å². The van der Waals surface area contributed by atoms with E-state index in [1.165, 1.54) is 0 Å². The third kappa shape index (κ3) is 0.546. The van der Waals surface area contributed by atoms with Crippen molar-refractivity contribution >= 4 is 15.9 Å². The average molecular weight is 156 g/mol. The Bertz CT molecular complexity index is 266. The molecule has 0 radical (unpaired) electrons. The largest absolute Gasteiger partial charge is 0.856 e. The van der Waals surface area contributed by atoms with Gasteiger partial charge in [-0.15, -0.1) is 0 Å². The molecule has 0 aromatic rings. The van der Waals surface area contributed by atoms with Gasteiger partial charge in [-0.2, -0.15) is 21.6 Å². The van der Waals surface area contributed by atoms with Crippen molar-refractivity contribution in [3.8, 4) is 0 Å². The van der Waals surface area contributed by atoms with Crippen LogP contribution in [0.1, 0.15) is 0 Å². The van der Waals surface area contributed by atoms with E-state index in [0.717, 1.165) is 0 Å². The van der Waals surface area contributed by atoms with Crippen molar-refractivity contribution in [2.24, 2.45) is 4.40 Å². The Morgan fingerprint density at radius 3 is 2.00 bits per heavy atom. The first-order valence-electron chi connectivity index (χ1n) is 1.78. The van der Waals surface area contributed by atoms with Crippen molar-refractivity contribution in [2.75, 3.05) is 0 Å². The van der Waals surface area contributed by atoms with Crippen LogP contribution in [0, 0.1) is 0 Å². The molecule has 9 heavy (non-hydrogen) atoms. The summed E-state index contributed by atoms with van der Waals surface area (Å²) in [5.74, 6) is -1.89. The predicted molar refractivity (Wildman–Crippen MR) is 21.3 cm³/mol. The molecule has 1 aliphatic heterocycles. The Kier molecular flexibility index (Phi) is 0.875. The van der Waals surface area contributed by atoms with Gasteiger partial charge in [0.1, 0.15) is 0 Å². The van der Waals surface area contributed by atoms with Crippen LogP contribution >= 0.6 is 0 Å². The quantitative estimate of drug-likeness (QED) is 0.436. The van der Waals surface area contributed by atoms with Crippen LogP contribution in [0.4, 0.5) is 8.78 Å². The SMILES string of the molecule is O=S1(=O)N=C([O-])C1(F)F. The second-order valence-corrected chi connectivity index (χ2v) is 3.03. The van der Waals surface area contributed by atoms with E-state index in [1.807, 2.05) is 0 Å². The van der Waals surface area contributed by atoms with Gasteiger partial charge in [-0.3, -0.25) is 0 Å². The molecule has 0 aromatic carbocycles. The lowest BCUT2D eigenvalue weighted by Crippen LogP contribution is -2.52. The van der Waals surface area contributed by atoms with E-state index in [4.69, 9.17) is 0 Å². The van der Waals surface area contributed by atoms with Gasteiger partial charge < -0.3 is 5.11 Å². The lowest BCUT2D eigenvalue weighted by atomic mass is 10.7. The summed E-state index contributed by atoms with van der Waals surface area (Å²) in [6, 6.07) is 0. The highest BCUT2D eigenvalue weighted by Gasteiger charge is 2.53. The van der Waals surface area contributed by atoms with Crippen molar-refractivity contribution in [3.63, 3.8) is 0 Å². The van der Waals surface area contributed by atoms with E-state index < -0.39 is 21.2 Å². The van der Waals surface area contributed by atoms with Crippen LogP contribution in [0.15, 0.2) is 4.40 Å². The zero-order valence-electron chi connectivity index (χ0n) is 3.84. The number of rotatable bonds is 0. The van der Waals surface area contributed by atoms with Gasteiger partial charge in [-0.1, -0.05) is 0 Å². The minimum absolute atomic E-state index is 1.89. The second-order valence-electron chi connectivity index (χ2n) is 1.39. The molecule has 7 heteroatoms. The molecule has 0 fully saturated rings. The monoisotopic (exact) mass is 156 g/mol. The Hall–Kier alpha value is -0.720. The molecule has 0 spiro atoms. The first-order chi connectivity index (χ1) is 3.88. The molecule has 0 aliphatic carbocycles. The third-order valence-corrected chi connectivity index (χ3v) is 2.00. The van der Waals surface area contributed by atoms with Gasteiger partial charge in [0, 0.05) is 0 Å². The Morgan fingerprint density at radius 1 is 1.56 bits per heavy atom. The van der Waals surface area contributed by atoms with E-state index in [2.05, 4.69) is 4.40 Å². The number of hydrogen-bond donors (Lipinski definition) is 0. The van der Waals surface area contributed by atoms with E-state index in [9.17, 15) is 22.3 Å². The molecule has 0 saturated carbocycles. The maximum absolute atomic E-state index is 11.7. The predicted octanol–water partition coefficient (Wildman–Crippen LogP) is -1.32. The molecule has 1 aliphatic rings. The summed E-state index contributed by atoms with van der Waals surface area (Å²) in [6.07, 6.45) is 0. The smallest absolute Gasteiger partial charge is 0.394 e. The fraction of sp³-hybridized carbons (Fsp3) is 0.500. The summed E-state index contributed by atoms with van der Waals surface area (Å²) in [5.41, 5.74) is 0. The summed E-state index contributed by atoms with van der Waals surface area (Å²) in [7, 11) is -4.77. The normalized spacial score (nSPS) is 28.4. The van der Waals surface area contributed by atoms with E-state index in [-0.39, 0.29) is 0 Å². The molecular weight excluding hydrogens is 156 g/mol. The molecular formula is C2F2NO3S-. The van der Waals surface area contributed by atoms with Crippen molar-refractivity contribution in [1.82, 2.24) is 0 Å². The number of alkyl halides is 2. The summed E-state index contributed by atoms with van der Waals surface area (Å²) in [4.78, 5) is 0. The highest BCUT2D eigenvalue weighted by molar-refractivity contribution is 7.93. The maximum Gasteiger partial charge on any atom is 0.394 e. The molecule has 0 bridgehead atoms. The van der Waals surface area contributed by atoms with Gasteiger partial charge in [0.2, 0.25) is 0 Å².